The summed E-state index contributed by atoms with van der Waals surface area (Å²) in [5.74, 6) is -0.00540. The number of carbonyl (C=O) groups excluding carboxylic acids is 1. The van der Waals surface area contributed by atoms with E-state index in [-0.39, 0.29) is 5.91 Å². The molecule has 4 heteroatoms. The molecule has 0 saturated heterocycles. The third kappa shape index (κ3) is 3.33. The molecule has 0 unspecified atom stereocenters. The van der Waals surface area contributed by atoms with Crippen molar-refractivity contribution in [2.24, 2.45) is 0 Å². The van der Waals surface area contributed by atoms with Crippen LogP contribution in [0.5, 0.6) is 0 Å². The molecule has 0 saturated carbocycles. The molecule has 0 radical (unpaired) electrons. The third-order valence-electron chi connectivity index (χ3n) is 3.13. The summed E-state index contributed by atoms with van der Waals surface area (Å²) in [6.07, 6.45) is 0. The molecule has 0 atom stereocenters. The molecule has 2 rings (SSSR count). The molecule has 0 aliphatic carbocycles. The third-order valence-corrected chi connectivity index (χ3v) is 3.86. The summed E-state index contributed by atoms with van der Waals surface area (Å²) in [7, 11) is 1.78. The molecule has 0 bridgehead atoms. The van der Waals surface area contributed by atoms with Crippen molar-refractivity contribution in [3.63, 3.8) is 0 Å². The fraction of sp³-hybridized carbons (Fsp3) is 0.188. The summed E-state index contributed by atoms with van der Waals surface area (Å²) in [6.45, 7) is 2.42. The predicted octanol–water partition coefficient (Wildman–Crippen LogP) is 4.57. The standard InChI is InChI=1S/C16H15Cl2NO/c1-11-5-3-4-6-13(11)16(20)19(2)10-12-7-8-14(17)15(18)9-12/h3-9H,10H2,1-2H3. The van der Waals surface area contributed by atoms with Gasteiger partial charge >= 0.3 is 0 Å². The second kappa shape index (κ2) is 6.29. The zero-order valence-corrected chi connectivity index (χ0v) is 12.9. The fourth-order valence-electron chi connectivity index (χ4n) is 2.00. The van der Waals surface area contributed by atoms with Crippen LogP contribution in [0, 0.1) is 6.92 Å². The Morgan fingerprint density at radius 2 is 1.80 bits per heavy atom. The lowest BCUT2D eigenvalue weighted by atomic mass is 10.1. The van der Waals surface area contributed by atoms with Crippen molar-refractivity contribution in [3.05, 3.63) is 69.2 Å². The number of carbonyl (C=O) groups is 1. The number of rotatable bonds is 3. The van der Waals surface area contributed by atoms with Gasteiger partial charge in [0.1, 0.15) is 0 Å². The van der Waals surface area contributed by atoms with Crippen molar-refractivity contribution in [2.45, 2.75) is 13.5 Å². The summed E-state index contributed by atoms with van der Waals surface area (Å²) >= 11 is 11.9. The quantitative estimate of drug-likeness (QED) is 0.813. The minimum atomic E-state index is -0.00540. The second-order valence-corrected chi connectivity index (χ2v) is 5.54. The van der Waals surface area contributed by atoms with E-state index in [0.717, 1.165) is 16.7 Å². The lowest BCUT2D eigenvalue weighted by Crippen LogP contribution is -2.26. The van der Waals surface area contributed by atoms with Gasteiger partial charge in [0.25, 0.3) is 5.91 Å². The van der Waals surface area contributed by atoms with Gasteiger partial charge in [-0.05, 0) is 36.2 Å². The lowest BCUT2D eigenvalue weighted by molar-refractivity contribution is 0.0784. The molecule has 2 aromatic rings. The average Bonchev–Trinajstić information content (AvgIpc) is 2.42. The summed E-state index contributed by atoms with van der Waals surface area (Å²) in [6, 6.07) is 13.0. The first-order valence-electron chi connectivity index (χ1n) is 6.24. The van der Waals surface area contributed by atoms with E-state index in [1.807, 2.05) is 37.3 Å². The number of aryl methyl sites for hydroxylation is 1. The zero-order valence-electron chi connectivity index (χ0n) is 11.4. The maximum atomic E-state index is 12.4. The smallest absolute Gasteiger partial charge is 0.254 e. The van der Waals surface area contributed by atoms with E-state index in [2.05, 4.69) is 0 Å². The molecule has 0 fully saturated rings. The first-order chi connectivity index (χ1) is 9.49. The van der Waals surface area contributed by atoms with Gasteiger partial charge in [-0.25, -0.2) is 0 Å². The van der Waals surface area contributed by atoms with Crippen LogP contribution in [-0.4, -0.2) is 17.9 Å². The van der Waals surface area contributed by atoms with Crippen LogP contribution < -0.4 is 0 Å². The molecule has 2 aromatic carbocycles. The van der Waals surface area contributed by atoms with Gasteiger partial charge in [0, 0.05) is 19.2 Å². The van der Waals surface area contributed by atoms with Gasteiger partial charge in [0.15, 0.2) is 0 Å². The summed E-state index contributed by atoms with van der Waals surface area (Å²) in [5.41, 5.74) is 2.64. The number of benzene rings is 2. The highest BCUT2D eigenvalue weighted by Crippen LogP contribution is 2.23. The molecule has 20 heavy (non-hydrogen) atoms. The average molecular weight is 308 g/mol. The van der Waals surface area contributed by atoms with E-state index in [1.165, 1.54) is 0 Å². The summed E-state index contributed by atoms with van der Waals surface area (Å²) < 4.78 is 0. The van der Waals surface area contributed by atoms with Crippen LogP contribution >= 0.6 is 23.2 Å². The van der Waals surface area contributed by atoms with E-state index in [9.17, 15) is 4.79 Å². The lowest BCUT2D eigenvalue weighted by Gasteiger charge is -2.18. The Hall–Kier alpha value is -1.51. The minimum absolute atomic E-state index is 0.00540. The Labute approximate surface area is 128 Å². The molecule has 0 spiro atoms. The van der Waals surface area contributed by atoms with Crippen LogP contribution in [-0.2, 0) is 6.54 Å². The highest BCUT2D eigenvalue weighted by molar-refractivity contribution is 6.42. The van der Waals surface area contributed by atoms with Crippen molar-refractivity contribution in [2.75, 3.05) is 7.05 Å². The van der Waals surface area contributed by atoms with Crippen molar-refractivity contribution in [3.8, 4) is 0 Å². The molecular formula is C16H15Cl2NO. The van der Waals surface area contributed by atoms with E-state index in [0.29, 0.717) is 16.6 Å². The van der Waals surface area contributed by atoms with Gasteiger partial charge in [-0.15, -0.1) is 0 Å². The Balaban J connectivity index is 2.15. The van der Waals surface area contributed by atoms with Gasteiger partial charge in [0.05, 0.1) is 10.0 Å². The monoisotopic (exact) mass is 307 g/mol. The molecule has 0 N–H and O–H groups in total. The molecule has 104 valence electrons. The van der Waals surface area contributed by atoms with Gasteiger partial charge in [-0.3, -0.25) is 4.79 Å². The maximum absolute atomic E-state index is 12.4. The van der Waals surface area contributed by atoms with Crippen molar-refractivity contribution in [1.82, 2.24) is 4.90 Å². The van der Waals surface area contributed by atoms with Crippen molar-refractivity contribution >= 4 is 29.1 Å². The SMILES string of the molecule is Cc1ccccc1C(=O)N(C)Cc1ccc(Cl)c(Cl)c1. The largest absolute Gasteiger partial charge is 0.337 e. The highest BCUT2D eigenvalue weighted by atomic mass is 35.5. The first-order valence-corrected chi connectivity index (χ1v) is 6.99. The summed E-state index contributed by atoms with van der Waals surface area (Å²) in [5, 5.41) is 1.02. The van der Waals surface area contributed by atoms with Crippen LogP contribution in [0.3, 0.4) is 0 Å². The van der Waals surface area contributed by atoms with Crippen LogP contribution in [0.1, 0.15) is 21.5 Å². The normalized spacial score (nSPS) is 10.4. The number of hydrogen-bond donors (Lipinski definition) is 0. The molecule has 0 aliphatic rings. The fourth-order valence-corrected chi connectivity index (χ4v) is 2.32. The predicted molar refractivity (Wildman–Crippen MR) is 83.4 cm³/mol. The molecule has 0 aromatic heterocycles. The number of amides is 1. The number of halogens is 2. The highest BCUT2D eigenvalue weighted by Gasteiger charge is 2.14. The van der Waals surface area contributed by atoms with E-state index >= 15 is 0 Å². The van der Waals surface area contributed by atoms with Crippen LogP contribution in [0.4, 0.5) is 0 Å². The Bertz CT molecular complexity index is 640. The van der Waals surface area contributed by atoms with E-state index in [4.69, 9.17) is 23.2 Å². The van der Waals surface area contributed by atoms with Crippen molar-refractivity contribution in [1.29, 1.82) is 0 Å². The van der Waals surface area contributed by atoms with Crippen LogP contribution in [0.2, 0.25) is 10.0 Å². The van der Waals surface area contributed by atoms with Crippen molar-refractivity contribution < 1.29 is 4.79 Å². The van der Waals surface area contributed by atoms with E-state index < -0.39 is 0 Å². The minimum Gasteiger partial charge on any atom is -0.337 e. The number of hydrogen-bond acceptors (Lipinski definition) is 1. The molecule has 0 aliphatic heterocycles. The molecule has 2 nitrogen and oxygen atoms in total. The van der Waals surface area contributed by atoms with Gasteiger partial charge in [-0.1, -0.05) is 47.5 Å². The summed E-state index contributed by atoms with van der Waals surface area (Å²) in [4.78, 5) is 14.1. The van der Waals surface area contributed by atoms with E-state index in [1.54, 1.807) is 24.1 Å². The number of nitrogens with zero attached hydrogens (tertiary/aromatic N) is 1. The van der Waals surface area contributed by atoms with Crippen LogP contribution in [0.15, 0.2) is 42.5 Å². The van der Waals surface area contributed by atoms with Gasteiger partial charge in [0.2, 0.25) is 0 Å². The Kier molecular flexibility index (Phi) is 4.69. The Morgan fingerprint density at radius 3 is 2.45 bits per heavy atom. The molecular weight excluding hydrogens is 293 g/mol. The molecule has 0 heterocycles. The molecule has 1 amide bonds. The maximum Gasteiger partial charge on any atom is 0.254 e. The van der Waals surface area contributed by atoms with Crippen LogP contribution in [0.25, 0.3) is 0 Å². The van der Waals surface area contributed by atoms with Gasteiger partial charge in [-0.2, -0.15) is 0 Å². The second-order valence-electron chi connectivity index (χ2n) is 4.72. The Morgan fingerprint density at radius 1 is 1.10 bits per heavy atom. The zero-order chi connectivity index (χ0) is 14.7. The topological polar surface area (TPSA) is 20.3 Å². The first kappa shape index (κ1) is 14.9. The van der Waals surface area contributed by atoms with Gasteiger partial charge < -0.3 is 4.90 Å².